The van der Waals surface area contributed by atoms with Crippen molar-refractivity contribution < 1.29 is 19.4 Å². The fraction of sp³-hybridized carbons (Fsp3) is 0.400. The third kappa shape index (κ3) is 5.48. The summed E-state index contributed by atoms with van der Waals surface area (Å²) in [5.74, 6) is -0.298. The quantitative estimate of drug-likeness (QED) is 0.619. The molecule has 1 fully saturated rings. The van der Waals surface area contributed by atoms with E-state index in [1.165, 1.54) is 11.3 Å². The number of benzene rings is 1. The SMILES string of the molecule is Cc1cc(NCC(O)CNC(=O)c2ccc(Cl)s2)cc(C)c1N1CCOCC1=O. The van der Waals surface area contributed by atoms with Gasteiger partial charge in [-0.3, -0.25) is 9.59 Å². The molecule has 0 aliphatic carbocycles. The first-order valence-corrected chi connectivity index (χ1v) is 10.5. The fourth-order valence-electron chi connectivity index (χ4n) is 3.28. The molecule has 0 radical (unpaired) electrons. The highest BCUT2D eigenvalue weighted by molar-refractivity contribution is 7.17. The monoisotopic (exact) mass is 437 g/mol. The number of halogens is 1. The van der Waals surface area contributed by atoms with Gasteiger partial charge in [0.15, 0.2) is 0 Å². The van der Waals surface area contributed by atoms with E-state index in [0.29, 0.717) is 22.4 Å². The Hall–Kier alpha value is -2.13. The summed E-state index contributed by atoms with van der Waals surface area (Å²) in [6, 6.07) is 7.21. The Balaban J connectivity index is 1.55. The van der Waals surface area contributed by atoms with Crippen LogP contribution >= 0.6 is 22.9 Å². The molecule has 3 rings (SSSR count). The van der Waals surface area contributed by atoms with E-state index in [4.69, 9.17) is 16.3 Å². The molecular formula is C20H24ClN3O4S. The van der Waals surface area contributed by atoms with Crippen molar-refractivity contribution in [3.63, 3.8) is 0 Å². The number of nitrogens with one attached hydrogen (secondary N) is 2. The van der Waals surface area contributed by atoms with Crippen molar-refractivity contribution in [2.24, 2.45) is 0 Å². The van der Waals surface area contributed by atoms with E-state index in [-0.39, 0.29) is 31.5 Å². The summed E-state index contributed by atoms with van der Waals surface area (Å²) >= 11 is 7.02. The van der Waals surface area contributed by atoms with Gasteiger partial charge in [0.1, 0.15) is 6.61 Å². The first kappa shape index (κ1) is 21.6. The molecule has 0 spiro atoms. The molecule has 1 atom stereocenters. The Morgan fingerprint density at radius 2 is 2.03 bits per heavy atom. The molecule has 2 aromatic rings. The lowest BCUT2D eigenvalue weighted by atomic mass is 10.1. The van der Waals surface area contributed by atoms with Gasteiger partial charge in [0, 0.05) is 31.0 Å². The predicted molar refractivity (Wildman–Crippen MR) is 115 cm³/mol. The summed E-state index contributed by atoms with van der Waals surface area (Å²) in [5.41, 5.74) is 3.70. The van der Waals surface area contributed by atoms with Crippen LogP contribution in [0.4, 0.5) is 11.4 Å². The minimum Gasteiger partial charge on any atom is -0.389 e. The second-order valence-corrected chi connectivity index (χ2v) is 8.62. The second kappa shape index (κ2) is 9.58. The van der Waals surface area contributed by atoms with Gasteiger partial charge in [0.25, 0.3) is 11.8 Å². The van der Waals surface area contributed by atoms with E-state index >= 15 is 0 Å². The number of nitrogens with zero attached hydrogens (tertiary/aromatic N) is 1. The molecular weight excluding hydrogens is 414 g/mol. The fourth-order valence-corrected chi connectivity index (χ4v) is 4.24. The first-order chi connectivity index (χ1) is 13.8. The number of hydrogen-bond donors (Lipinski definition) is 3. The van der Waals surface area contributed by atoms with Crippen molar-refractivity contribution in [2.45, 2.75) is 20.0 Å². The average molecular weight is 438 g/mol. The zero-order valence-corrected chi connectivity index (χ0v) is 17.9. The minimum atomic E-state index is -0.754. The zero-order chi connectivity index (χ0) is 21.0. The summed E-state index contributed by atoms with van der Waals surface area (Å²) in [7, 11) is 0. The van der Waals surface area contributed by atoms with Crippen LogP contribution in [0.2, 0.25) is 4.34 Å². The lowest BCUT2D eigenvalue weighted by Gasteiger charge is -2.30. The van der Waals surface area contributed by atoms with Crippen molar-refractivity contribution in [1.29, 1.82) is 0 Å². The van der Waals surface area contributed by atoms with Crippen LogP contribution in [0.25, 0.3) is 0 Å². The standard InChI is InChI=1S/C20H24ClN3O4S/c1-12-7-14(8-13(2)19(12)24-5-6-28-11-18(24)26)22-9-15(25)10-23-20(27)16-3-4-17(21)29-16/h3-4,7-8,15,22,25H,5-6,9-11H2,1-2H3,(H,23,27). The number of aliphatic hydroxyl groups excluding tert-OH is 1. The molecule has 156 valence electrons. The summed E-state index contributed by atoms with van der Waals surface area (Å²) in [4.78, 5) is 26.4. The molecule has 0 saturated carbocycles. The largest absolute Gasteiger partial charge is 0.389 e. The van der Waals surface area contributed by atoms with Gasteiger partial charge in [-0.15, -0.1) is 11.3 Å². The summed E-state index contributed by atoms with van der Waals surface area (Å²) < 4.78 is 5.75. The third-order valence-electron chi connectivity index (χ3n) is 4.58. The van der Waals surface area contributed by atoms with E-state index in [9.17, 15) is 14.7 Å². The molecule has 1 aromatic carbocycles. The average Bonchev–Trinajstić information content (AvgIpc) is 3.12. The van der Waals surface area contributed by atoms with Crippen LogP contribution in [0.15, 0.2) is 24.3 Å². The number of aryl methyl sites for hydroxylation is 2. The molecule has 1 aliphatic heterocycles. The zero-order valence-electron chi connectivity index (χ0n) is 16.3. The number of amides is 2. The molecule has 29 heavy (non-hydrogen) atoms. The van der Waals surface area contributed by atoms with Crippen LogP contribution in [0, 0.1) is 13.8 Å². The number of carbonyl (C=O) groups excluding carboxylic acids is 2. The van der Waals surface area contributed by atoms with Crippen molar-refractivity contribution >= 4 is 46.1 Å². The van der Waals surface area contributed by atoms with Crippen molar-refractivity contribution in [3.8, 4) is 0 Å². The van der Waals surface area contributed by atoms with Crippen molar-refractivity contribution in [1.82, 2.24) is 5.32 Å². The molecule has 0 bridgehead atoms. The van der Waals surface area contributed by atoms with Crippen LogP contribution in [0.1, 0.15) is 20.8 Å². The highest BCUT2D eigenvalue weighted by Gasteiger charge is 2.23. The van der Waals surface area contributed by atoms with Gasteiger partial charge < -0.3 is 25.4 Å². The number of hydrogen-bond acceptors (Lipinski definition) is 6. The Labute approximate surface area is 178 Å². The predicted octanol–water partition coefficient (Wildman–Crippen LogP) is 2.58. The van der Waals surface area contributed by atoms with E-state index in [1.54, 1.807) is 17.0 Å². The second-order valence-electron chi connectivity index (χ2n) is 6.91. The Morgan fingerprint density at radius 3 is 2.66 bits per heavy atom. The number of thiophene rings is 1. The summed E-state index contributed by atoms with van der Waals surface area (Å²) in [6.07, 6.45) is -0.754. The Kier molecular flexibility index (Phi) is 7.13. The number of ether oxygens (including phenoxy) is 1. The van der Waals surface area contributed by atoms with Crippen molar-refractivity contribution in [3.05, 3.63) is 44.6 Å². The molecule has 9 heteroatoms. The van der Waals surface area contributed by atoms with Gasteiger partial charge in [-0.1, -0.05) is 11.6 Å². The van der Waals surface area contributed by atoms with E-state index < -0.39 is 6.10 Å². The third-order valence-corrected chi connectivity index (χ3v) is 5.81. The van der Waals surface area contributed by atoms with Crippen LogP contribution in [0.3, 0.4) is 0 Å². The van der Waals surface area contributed by atoms with E-state index in [1.807, 2.05) is 26.0 Å². The molecule has 7 nitrogen and oxygen atoms in total. The van der Waals surface area contributed by atoms with Gasteiger partial charge in [-0.25, -0.2) is 0 Å². The maximum Gasteiger partial charge on any atom is 0.261 e. The molecule has 2 amide bonds. The van der Waals surface area contributed by atoms with Crippen LogP contribution in [0.5, 0.6) is 0 Å². The maximum atomic E-state index is 12.1. The van der Waals surface area contributed by atoms with Gasteiger partial charge in [0.2, 0.25) is 0 Å². The maximum absolute atomic E-state index is 12.1. The Bertz CT molecular complexity index is 879. The molecule has 1 aliphatic rings. The Morgan fingerprint density at radius 1 is 1.31 bits per heavy atom. The normalized spacial score (nSPS) is 15.3. The number of rotatable bonds is 7. The highest BCUT2D eigenvalue weighted by atomic mass is 35.5. The molecule has 1 aromatic heterocycles. The lowest BCUT2D eigenvalue weighted by molar-refractivity contribution is -0.125. The number of carbonyl (C=O) groups is 2. The van der Waals surface area contributed by atoms with E-state index in [0.717, 1.165) is 22.5 Å². The van der Waals surface area contributed by atoms with Crippen LogP contribution in [-0.2, 0) is 9.53 Å². The molecule has 2 heterocycles. The van der Waals surface area contributed by atoms with Crippen LogP contribution < -0.4 is 15.5 Å². The highest BCUT2D eigenvalue weighted by Crippen LogP contribution is 2.29. The van der Waals surface area contributed by atoms with Gasteiger partial charge in [-0.2, -0.15) is 0 Å². The van der Waals surface area contributed by atoms with Gasteiger partial charge in [-0.05, 0) is 49.2 Å². The smallest absolute Gasteiger partial charge is 0.261 e. The summed E-state index contributed by atoms with van der Waals surface area (Å²) in [5, 5.41) is 16.1. The van der Waals surface area contributed by atoms with Crippen molar-refractivity contribution in [2.75, 3.05) is 43.1 Å². The minimum absolute atomic E-state index is 0.0404. The first-order valence-electron chi connectivity index (χ1n) is 9.30. The van der Waals surface area contributed by atoms with Crippen LogP contribution in [-0.4, -0.2) is 55.9 Å². The number of anilines is 2. The lowest BCUT2D eigenvalue weighted by Crippen LogP contribution is -2.42. The molecule has 3 N–H and O–H groups in total. The summed E-state index contributed by atoms with van der Waals surface area (Å²) in [6.45, 7) is 5.49. The van der Waals surface area contributed by atoms with E-state index in [2.05, 4.69) is 10.6 Å². The molecule has 1 saturated heterocycles. The van der Waals surface area contributed by atoms with Gasteiger partial charge in [0.05, 0.1) is 21.9 Å². The number of morpholine rings is 1. The van der Waals surface area contributed by atoms with Gasteiger partial charge >= 0.3 is 0 Å². The molecule has 1 unspecified atom stereocenters. The topological polar surface area (TPSA) is 90.9 Å². The number of aliphatic hydroxyl groups is 1.